The van der Waals surface area contributed by atoms with Gasteiger partial charge in [-0.3, -0.25) is 0 Å². The second kappa shape index (κ2) is 13.1. The molecule has 0 bridgehead atoms. The van der Waals surface area contributed by atoms with Crippen LogP contribution in [0.4, 0.5) is 26.7 Å². The van der Waals surface area contributed by atoms with Crippen LogP contribution >= 0.6 is 11.6 Å². The van der Waals surface area contributed by atoms with E-state index in [-0.39, 0.29) is 29.8 Å². The lowest BCUT2D eigenvalue weighted by molar-refractivity contribution is 0.0770. The number of ether oxygens (including phenoxy) is 2. The zero-order valence-corrected chi connectivity index (χ0v) is 23.2. The van der Waals surface area contributed by atoms with Gasteiger partial charge in [0.05, 0.1) is 18.2 Å². The topological polar surface area (TPSA) is 50.8 Å². The summed E-state index contributed by atoms with van der Waals surface area (Å²) in [4.78, 5) is 14.6. The fraction of sp³-hybridized carbons (Fsp3) is 0.323. The van der Waals surface area contributed by atoms with E-state index < -0.39 is 47.0 Å². The first-order valence-electron chi connectivity index (χ1n) is 13.6. The number of carbonyl (C=O) groups is 1. The molecule has 2 aliphatic rings. The first-order valence-corrected chi connectivity index (χ1v) is 14.0. The van der Waals surface area contributed by atoms with Crippen molar-refractivity contribution in [2.45, 2.75) is 44.4 Å². The van der Waals surface area contributed by atoms with Crippen LogP contribution in [-0.4, -0.2) is 42.8 Å². The molecular formula is C31H28ClF5N2O3. The number of hydrogen-bond donors (Lipinski definition) is 1. The fourth-order valence-corrected chi connectivity index (χ4v) is 5.02. The van der Waals surface area contributed by atoms with E-state index in [4.69, 9.17) is 21.1 Å². The fourth-order valence-electron chi connectivity index (χ4n) is 4.80. The molecule has 5 rings (SSSR count). The largest absolute Gasteiger partial charge is 0.488 e. The lowest BCUT2D eigenvalue weighted by Crippen LogP contribution is -2.41. The highest BCUT2D eigenvalue weighted by Crippen LogP contribution is 2.33. The molecule has 11 heteroatoms. The Morgan fingerprint density at radius 2 is 1.62 bits per heavy atom. The van der Waals surface area contributed by atoms with Gasteiger partial charge >= 0.3 is 6.09 Å². The monoisotopic (exact) mass is 606 g/mol. The van der Waals surface area contributed by atoms with Crippen LogP contribution in [0.2, 0.25) is 5.02 Å². The molecule has 1 unspecified atom stereocenters. The van der Waals surface area contributed by atoms with E-state index in [1.807, 2.05) is 30.3 Å². The molecule has 1 atom stereocenters. The van der Waals surface area contributed by atoms with Crippen LogP contribution in [0.3, 0.4) is 0 Å². The molecule has 1 amide bonds. The summed E-state index contributed by atoms with van der Waals surface area (Å²) < 4.78 is 80.2. The molecule has 5 nitrogen and oxygen atoms in total. The number of amides is 1. The molecule has 1 aliphatic heterocycles. The van der Waals surface area contributed by atoms with Crippen LogP contribution < -0.4 is 10.1 Å². The van der Waals surface area contributed by atoms with Crippen LogP contribution in [0, 0.1) is 29.1 Å². The van der Waals surface area contributed by atoms with Crippen molar-refractivity contribution in [3.63, 3.8) is 0 Å². The molecular weight excluding hydrogens is 579 g/mol. The van der Waals surface area contributed by atoms with Gasteiger partial charge in [0.15, 0.2) is 17.4 Å². The van der Waals surface area contributed by atoms with Gasteiger partial charge in [0.25, 0.3) is 0 Å². The predicted molar refractivity (Wildman–Crippen MR) is 148 cm³/mol. The highest BCUT2D eigenvalue weighted by molar-refractivity contribution is 6.31. The number of rotatable bonds is 10. The maximum atomic E-state index is 14.4. The first kappa shape index (κ1) is 29.8. The van der Waals surface area contributed by atoms with Gasteiger partial charge in [-0.2, -0.15) is 4.39 Å². The third kappa shape index (κ3) is 6.87. The van der Waals surface area contributed by atoms with Crippen molar-refractivity contribution < 1.29 is 36.2 Å². The van der Waals surface area contributed by atoms with Crippen molar-refractivity contribution in [1.82, 2.24) is 10.2 Å². The van der Waals surface area contributed by atoms with Crippen LogP contribution in [0.25, 0.3) is 5.57 Å². The minimum absolute atomic E-state index is 0.00385. The number of halogens is 6. The highest BCUT2D eigenvalue weighted by Gasteiger charge is 2.36. The van der Waals surface area contributed by atoms with Gasteiger partial charge in [0.2, 0.25) is 5.82 Å². The van der Waals surface area contributed by atoms with Crippen LogP contribution in [0.1, 0.15) is 36.0 Å². The van der Waals surface area contributed by atoms with Crippen molar-refractivity contribution in [3.8, 4) is 5.75 Å². The zero-order valence-electron chi connectivity index (χ0n) is 22.4. The van der Waals surface area contributed by atoms with Crippen molar-refractivity contribution in [3.05, 3.63) is 105 Å². The predicted octanol–water partition coefficient (Wildman–Crippen LogP) is 7.20. The minimum atomic E-state index is -1.35. The number of hydrogen-bond acceptors (Lipinski definition) is 4. The highest BCUT2D eigenvalue weighted by atomic mass is 35.5. The second-order valence-corrected chi connectivity index (χ2v) is 10.6. The molecule has 1 aliphatic carbocycles. The van der Waals surface area contributed by atoms with Crippen molar-refractivity contribution in [2.75, 3.05) is 19.7 Å². The van der Waals surface area contributed by atoms with E-state index in [1.165, 1.54) is 4.90 Å². The molecule has 1 N–H and O–H groups in total. The maximum absolute atomic E-state index is 14.4. The number of benzene rings is 3. The van der Waals surface area contributed by atoms with E-state index >= 15 is 0 Å². The van der Waals surface area contributed by atoms with E-state index in [0.717, 1.165) is 47.7 Å². The summed E-state index contributed by atoms with van der Waals surface area (Å²) in [5.74, 6) is -5.68. The molecule has 0 aromatic heterocycles. The molecule has 222 valence electrons. The molecule has 3 aromatic rings. The Labute approximate surface area is 244 Å². The van der Waals surface area contributed by atoms with Gasteiger partial charge in [-0.15, -0.1) is 0 Å². The Kier molecular flexibility index (Phi) is 9.33. The third-order valence-corrected chi connectivity index (χ3v) is 7.63. The number of aryl methyl sites for hydroxylation is 1. The number of nitrogens with one attached hydrogen (secondary N) is 1. The maximum Gasteiger partial charge on any atom is 0.410 e. The SMILES string of the molecule is O=C(OC1CNCC=C1c1ccc(CCCOc2c(F)ccc(F)c2F)cc1)N(Cc1c(F)ccc(F)c1Cl)C1CC1. The van der Waals surface area contributed by atoms with E-state index in [2.05, 4.69) is 5.32 Å². The second-order valence-electron chi connectivity index (χ2n) is 10.2. The summed E-state index contributed by atoms with van der Waals surface area (Å²) in [7, 11) is 0. The van der Waals surface area contributed by atoms with E-state index in [1.54, 1.807) is 0 Å². The number of carbonyl (C=O) groups excluding carboxylic acids is 1. The van der Waals surface area contributed by atoms with Gasteiger partial charge in [0.1, 0.15) is 17.7 Å². The van der Waals surface area contributed by atoms with Crippen molar-refractivity contribution >= 4 is 23.3 Å². The Morgan fingerprint density at radius 1 is 0.929 bits per heavy atom. The molecule has 1 heterocycles. The molecule has 3 aromatic carbocycles. The summed E-state index contributed by atoms with van der Waals surface area (Å²) in [6, 6.07) is 10.9. The van der Waals surface area contributed by atoms with Gasteiger partial charge in [-0.1, -0.05) is 41.9 Å². The zero-order chi connectivity index (χ0) is 29.8. The average molecular weight is 607 g/mol. The van der Waals surface area contributed by atoms with Crippen molar-refractivity contribution in [2.24, 2.45) is 0 Å². The Morgan fingerprint density at radius 3 is 2.36 bits per heavy atom. The molecule has 1 fully saturated rings. The quantitative estimate of drug-likeness (QED) is 0.151. The van der Waals surface area contributed by atoms with Gasteiger partial charge in [-0.05, 0) is 66.6 Å². The van der Waals surface area contributed by atoms with Gasteiger partial charge in [-0.25, -0.2) is 22.4 Å². The molecule has 0 saturated heterocycles. The summed E-state index contributed by atoms with van der Waals surface area (Å²) >= 11 is 6.00. The molecule has 0 spiro atoms. The Hall–Kier alpha value is -3.63. The standard InChI is InChI=1S/C31H28ClF5N2O3/c32-28-22(23(33)9-10-24(28)34)17-39(20-7-8-20)31(40)42-27-16-38-14-13-21(27)19-5-3-18(4-6-19)2-1-15-41-30-26(36)12-11-25(35)29(30)37/h3-6,9-13,20,27,38H,1-2,7-8,14-17H2. The van der Waals surface area contributed by atoms with Crippen LogP contribution in [0.15, 0.2) is 54.6 Å². The van der Waals surface area contributed by atoms with Gasteiger partial charge < -0.3 is 19.7 Å². The minimum Gasteiger partial charge on any atom is -0.488 e. The summed E-state index contributed by atoms with van der Waals surface area (Å²) in [5, 5.41) is 2.82. The van der Waals surface area contributed by atoms with Crippen molar-refractivity contribution in [1.29, 1.82) is 0 Å². The molecule has 1 saturated carbocycles. The lowest BCUT2D eigenvalue weighted by Gasteiger charge is -2.29. The average Bonchev–Trinajstić information content (AvgIpc) is 3.83. The summed E-state index contributed by atoms with van der Waals surface area (Å²) in [5.41, 5.74) is 2.50. The Bertz CT molecular complexity index is 1480. The lowest BCUT2D eigenvalue weighted by atomic mass is 9.96. The van der Waals surface area contributed by atoms with Crippen LogP contribution in [0.5, 0.6) is 5.75 Å². The number of nitrogens with zero attached hydrogens (tertiary/aromatic N) is 1. The summed E-state index contributed by atoms with van der Waals surface area (Å²) in [6.45, 7) is 0.738. The van der Waals surface area contributed by atoms with E-state index in [0.29, 0.717) is 32.0 Å². The Balaban J connectivity index is 1.20. The molecule has 0 radical (unpaired) electrons. The van der Waals surface area contributed by atoms with Gasteiger partial charge in [0, 0.05) is 24.7 Å². The first-order chi connectivity index (χ1) is 20.2. The normalized spacial score (nSPS) is 16.6. The van der Waals surface area contributed by atoms with E-state index in [9.17, 15) is 26.7 Å². The van der Waals surface area contributed by atoms with Crippen LogP contribution in [-0.2, 0) is 17.7 Å². The third-order valence-electron chi connectivity index (χ3n) is 7.22. The molecule has 42 heavy (non-hydrogen) atoms. The smallest absolute Gasteiger partial charge is 0.410 e. The summed E-state index contributed by atoms with van der Waals surface area (Å²) in [6.07, 6.45) is 3.12.